The Hall–Kier alpha value is -2.10. The zero-order chi connectivity index (χ0) is 15.8. The molecule has 0 saturated heterocycles. The molecule has 21 heavy (non-hydrogen) atoms. The summed E-state index contributed by atoms with van der Waals surface area (Å²) in [5, 5.41) is 3.05. The molecule has 0 spiro atoms. The van der Waals surface area contributed by atoms with Gasteiger partial charge in [0.05, 0.1) is 5.70 Å². The largest absolute Gasteiger partial charge is 0.371 e. The molecule has 0 atom stereocenters. The molecular formula is C17H24FN3. The molecule has 3 nitrogen and oxygen atoms in total. The number of allylic oxidation sites excluding steroid dienone is 1. The molecule has 0 unspecified atom stereocenters. The normalized spacial score (nSPS) is 11.6. The number of aliphatic imine (C=N–C) groups is 1. The van der Waals surface area contributed by atoms with Crippen molar-refractivity contribution in [2.24, 2.45) is 4.99 Å². The fraction of sp³-hybridized carbons (Fsp3) is 0.353. The summed E-state index contributed by atoms with van der Waals surface area (Å²) in [5.41, 5.74) is 2.91. The van der Waals surface area contributed by atoms with Crippen LogP contribution in [0.3, 0.4) is 0 Å². The minimum atomic E-state index is -0.222. The van der Waals surface area contributed by atoms with Crippen molar-refractivity contribution in [3.63, 3.8) is 0 Å². The molecule has 1 N–H and O–H groups in total. The second-order valence-corrected chi connectivity index (χ2v) is 4.93. The summed E-state index contributed by atoms with van der Waals surface area (Å²) in [6, 6.07) is 6.56. The number of nitrogens with one attached hydrogen (secondary N) is 1. The minimum absolute atomic E-state index is 0.222. The Morgan fingerprint density at radius 3 is 2.38 bits per heavy atom. The van der Waals surface area contributed by atoms with Crippen LogP contribution in [-0.4, -0.2) is 25.2 Å². The van der Waals surface area contributed by atoms with Crippen LogP contribution in [0.15, 0.2) is 52.9 Å². The van der Waals surface area contributed by atoms with Gasteiger partial charge in [0.25, 0.3) is 0 Å². The third-order valence-corrected chi connectivity index (χ3v) is 3.12. The number of rotatable bonds is 8. The maximum atomic E-state index is 13.0. The molecule has 0 saturated carbocycles. The van der Waals surface area contributed by atoms with Crippen LogP contribution in [0.1, 0.15) is 25.8 Å². The van der Waals surface area contributed by atoms with Gasteiger partial charge >= 0.3 is 0 Å². The highest BCUT2D eigenvalue weighted by Crippen LogP contribution is 2.21. The van der Waals surface area contributed by atoms with Crippen LogP contribution < -0.4 is 5.32 Å². The van der Waals surface area contributed by atoms with Gasteiger partial charge in [0.1, 0.15) is 11.6 Å². The maximum absolute atomic E-state index is 13.0. The maximum Gasteiger partial charge on any atom is 0.148 e. The quantitative estimate of drug-likeness (QED) is 0.583. The van der Waals surface area contributed by atoms with E-state index in [0.717, 1.165) is 29.8 Å². The molecule has 4 heteroatoms. The summed E-state index contributed by atoms with van der Waals surface area (Å²) in [7, 11) is 1.81. The Balaban J connectivity index is 3.13. The Morgan fingerprint density at radius 1 is 1.33 bits per heavy atom. The molecule has 0 amide bonds. The summed E-state index contributed by atoms with van der Waals surface area (Å²) in [4.78, 5) is 6.23. The zero-order valence-electron chi connectivity index (χ0n) is 13.1. The summed E-state index contributed by atoms with van der Waals surface area (Å²) in [5.74, 6) is 0.484. The van der Waals surface area contributed by atoms with Crippen LogP contribution in [0, 0.1) is 5.82 Å². The SMILES string of the molecule is C=N/C(NC)=C(/C(=C)C)N(CCC)Cc1ccc(F)cc1. The lowest BCUT2D eigenvalue weighted by Crippen LogP contribution is -2.27. The highest BCUT2D eigenvalue weighted by atomic mass is 19.1. The van der Waals surface area contributed by atoms with Crippen LogP contribution in [0.25, 0.3) is 0 Å². The first kappa shape index (κ1) is 17.0. The Kier molecular flexibility index (Phi) is 6.66. The van der Waals surface area contributed by atoms with Crippen molar-refractivity contribution in [1.82, 2.24) is 10.2 Å². The van der Waals surface area contributed by atoms with E-state index in [1.165, 1.54) is 12.1 Å². The number of benzene rings is 1. The molecule has 114 valence electrons. The molecule has 0 bridgehead atoms. The molecule has 0 aliphatic carbocycles. The van der Waals surface area contributed by atoms with Crippen molar-refractivity contribution in [3.8, 4) is 0 Å². The summed E-state index contributed by atoms with van der Waals surface area (Å²) >= 11 is 0. The first-order valence-corrected chi connectivity index (χ1v) is 7.07. The van der Waals surface area contributed by atoms with E-state index < -0.39 is 0 Å². The van der Waals surface area contributed by atoms with Crippen LogP contribution in [0.4, 0.5) is 4.39 Å². The summed E-state index contributed by atoms with van der Waals surface area (Å²) in [6.45, 7) is 13.3. The van der Waals surface area contributed by atoms with Gasteiger partial charge in [-0.15, -0.1) is 0 Å². The summed E-state index contributed by atoms with van der Waals surface area (Å²) in [6.07, 6.45) is 0.992. The molecule has 1 aromatic rings. The lowest BCUT2D eigenvalue weighted by Gasteiger charge is -2.29. The minimum Gasteiger partial charge on any atom is -0.371 e. The monoisotopic (exact) mass is 289 g/mol. The molecule has 0 fully saturated rings. The number of halogens is 1. The van der Waals surface area contributed by atoms with Crippen molar-refractivity contribution < 1.29 is 4.39 Å². The molecule has 0 aliphatic heterocycles. The molecule has 1 rings (SSSR count). The highest BCUT2D eigenvalue weighted by molar-refractivity contribution is 5.36. The average molecular weight is 289 g/mol. The van der Waals surface area contributed by atoms with Crippen molar-refractivity contribution >= 4 is 6.72 Å². The van der Waals surface area contributed by atoms with Gasteiger partial charge in [-0.3, -0.25) is 0 Å². The molecule has 0 aromatic heterocycles. The predicted molar refractivity (Wildman–Crippen MR) is 87.5 cm³/mol. The number of hydrogen-bond donors (Lipinski definition) is 1. The fourth-order valence-corrected chi connectivity index (χ4v) is 2.24. The van der Waals surface area contributed by atoms with Gasteiger partial charge in [0, 0.05) is 20.1 Å². The van der Waals surface area contributed by atoms with Crippen LogP contribution in [-0.2, 0) is 6.54 Å². The lowest BCUT2D eigenvalue weighted by atomic mass is 10.1. The third-order valence-electron chi connectivity index (χ3n) is 3.12. The van der Waals surface area contributed by atoms with E-state index in [9.17, 15) is 4.39 Å². The summed E-state index contributed by atoms with van der Waals surface area (Å²) < 4.78 is 13.0. The lowest BCUT2D eigenvalue weighted by molar-refractivity contribution is 0.337. The van der Waals surface area contributed by atoms with Gasteiger partial charge in [0.2, 0.25) is 0 Å². The van der Waals surface area contributed by atoms with E-state index in [-0.39, 0.29) is 5.82 Å². The molecule has 0 aliphatic rings. The van der Waals surface area contributed by atoms with Crippen molar-refractivity contribution in [3.05, 3.63) is 59.3 Å². The van der Waals surface area contributed by atoms with E-state index >= 15 is 0 Å². The standard InChI is InChI=1S/C17H24FN3/c1-6-11-21(12-14-7-9-15(18)10-8-14)16(13(2)3)17(19-4)20-5/h7-10,20H,2,4,6,11-12H2,1,3,5H3/b17-16+. The van der Waals surface area contributed by atoms with Gasteiger partial charge in [-0.1, -0.05) is 25.6 Å². The second-order valence-electron chi connectivity index (χ2n) is 4.93. The Morgan fingerprint density at radius 2 is 1.95 bits per heavy atom. The van der Waals surface area contributed by atoms with E-state index in [1.807, 2.05) is 14.0 Å². The van der Waals surface area contributed by atoms with E-state index in [4.69, 9.17) is 0 Å². The smallest absolute Gasteiger partial charge is 0.148 e. The third kappa shape index (κ3) is 4.74. The zero-order valence-corrected chi connectivity index (χ0v) is 13.1. The van der Waals surface area contributed by atoms with Gasteiger partial charge in [-0.2, -0.15) is 0 Å². The predicted octanol–water partition coefficient (Wildman–Crippen LogP) is 3.70. The second kappa shape index (κ2) is 8.25. The van der Waals surface area contributed by atoms with Crippen molar-refractivity contribution in [2.45, 2.75) is 26.8 Å². The topological polar surface area (TPSA) is 27.6 Å². The van der Waals surface area contributed by atoms with Crippen molar-refractivity contribution in [2.75, 3.05) is 13.6 Å². The molecule has 1 aromatic carbocycles. The van der Waals surface area contributed by atoms with Crippen LogP contribution in [0.5, 0.6) is 0 Å². The highest BCUT2D eigenvalue weighted by Gasteiger charge is 2.15. The first-order chi connectivity index (χ1) is 10.0. The van der Waals surface area contributed by atoms with Crippen molar-refractivity contribution in [1.29, 1.82) is 0 Å². The number of hydrogen-bond acceptors (Lipinski definition) is 3. The fourth-order valence-electron chi connectivity index (χ4n) is 2.24. The Labute approximate surface area is 126 Å². The van der Waals surface area contributed by atoms with Gasteiger partial charge in [0.15, 0.2) is 0 Å². The molecular weight excluding hydrogens is 265 g/mol. The van der Waals surface area contributed by atoms with Crippen LogP contribution in [0.2, 0.25) is 0 Å². The molecule has 0 heterocycles. The Bertz CT molecular complexity index is 517. The van der Waals surface area contributed by atoms with E-state index in [0.29, 0.717) is 12.4 Å². The first-order valence-electron chi connectivity index (χ1n) is 7.07. The van der Waals surface area contributed by atoms with Gasteiger partial charge in [-0.25, -0.2) is 9.38 Å². The van der Waals surface area contributed by atoms with E-state index in [1.54, 1.807) is 12.1 Å². The number of nitrogens with zero attached hydrogens (tertiary/aromatic N) is 2. The molecule has 0 radical (unpaired) electrons. The average Bonchev–Trinajstić information content (AvgIpc) is 2.46. The van der Waals surface area contributed by atoms with E-state index in [2.05, 4.69) is 35.4 Å². The van der Waals surface area contributed by atoms with Gasteiger partial charge in [-0.05, 0) is 43.3 Å². The van der Waals surface area contributed by atoms with Gasteiger partial charge < -0.3 is 10.2 Å². The van der Waals surface area contributed by atoms with Crippen LogP contribution >= 0.6 is 0 Å².